The lowest BCUT2D eigenvalue weighted by Gasteiger charge is -2.36. The van der Waals surface area contributed by atoms with E-state index in [0.29, 0.717) is 12.8 Å². The van der Waals surface area contributed by atoms with Gasteiger partial charge in [0.05, 0.1) is 18.4 Å². The SMILES string of the molecule is CCCCC(C)(C)C(/C=C/C1C(C(=O)O)CC2OC(=O)CC21)OC1CCCCO1. The minimum Gasteiger partial charge on any atom is -0.481 e. The minimum absolute atomic E-state index is 0.0508. The summed E-state index contributed by atoms with van der Waals surface area (Å²) in [6.07, 6.45) is 10.4. The highest BCUT2D eigenvalue weighted by atomic mass is 16.7. The summed E-state index contributed by atoms with van der Waals surface area (Å²) in [4.78, 5) is 23.5. The van der Waals surface area contributed by atoms with E-state index in [2.05, 4.69) is 20.8 Å². The quantitative estimate of drug-likeness (QED) is 0.452. The van der Waals surface area contributed by atoms with E-state index in [4.69, 9.17) is 14.2 Å². The van der Waals surface area contributed by atoms with Crippen LogP contribution in [0.4, 0.5) is 0 Å². The molecule has 0 bridgehead atoms. The molecular weight excluding hydrogens is 372 g/mol. The van der Waals surface area contributed by atoms with Gasteiger partial charge in [-0.3, -0.25) is 9.59 Å². The molecule has 2 heterocycles. The summed E-state index contributed by atoms with van der Waals surface area (Å²) >= 11 is 0. The smallest absolute Gasteiger partial charge is 0.307 e. The van der Waals surface area contributed by atoms with Crippen LogP contribution in [0.5, 0.6) is 0 Å². The van der Waals surface area contributed by atoms with Crippen LogP contribution in [-0.2, 0) is 23.8 Å². The van der Waals surface area contributed by atoms with Crippen LogP contribution in [0.15, 0.2) is 12.2 Å². The van der Waals surface area contributed by atoms with Gasteiger partial charge in [0.15, 0.2) is 6.29 Å². The zero-order valence-electron chi connectivity index (χ0n) is 18.0. The molecular formula is C23H36O6. The summed E-state index contributed by atoms with van der Waals surface area (Å²) in [6.45, 7) is 7.31. The van der Waals surface area contributed by atoms with Gasteiger partial charge in [-0.2, -0.15) is 0 Å². The van der Waals surface area contributed by atoms with Crippen LogP contribution < -0.4 is 0 Å². The number of allylic oxidation sites excluding steroid dienone is 1. The van der Waals surface area contributed by atoms with Crippen molar-refractivity contribution in [3.63, 3.8) is 0 Å². The zero-order valence-corrected chi connectivity index (χ0v) is 18.0. The molecule has 3 fully saturated rings. The molecule has 164 valence electrons. The molecule has 0 aromatic heterocycles. The molecule has 29 heavy (non-hydrogen) atoms. The average Bonchev–Trinajstić information content (AvgIpc) is 3.20. The van der Waals surface area contributed by atoms with Gasteiger partial charge in [0.2, 0.25) is 0 Å². The van der Waals surface area contributed by atoms with E-state index in [1.54, 1.807) is 0 Å². The second-order valence-electron chi connectivity index (χ2n) is 9.48. The van der Waals surface area contributed by atoms with E-state index >= 15 is 0 Å². The van der Waals surface area contributed by atoms with Crippen LogP contribution in [0, 0.1) is 23.2 Å². The Kier molecular flexibility index (Phi) is 7.38. The molecule has 2 aliphatic heterocycles. The van der Waals surface area contributed by atoms with Gasteiger partial charge >= 0.3 is 11.9 Å². The molecule has 0 radical (unpaired) electrons. The van der Waals surface area contributed by atoms with Crippen LogP contribution in [-0.4, -0.2) is 42.1 Å². The molecule has 1 aliphatic carbocycles. The molecule has 6 heteroatoms. The lowest BCUT2D eigenvalue weighted by molar-refractivity contribution is -0.197. The van der Waals surface area contributed by atoms with Crippen LogP contribution in [0.3, 0.4) is 0 Å². The molecule has 3 rings (SSSR count). The molecule has 2 saturated heterocycles. The summed E-state index contributed by atoms with van der Waals surface area (Å²) in [5.74, 6) is -1.80. The third kappa shape index (κ3) is 5.40. The number of ether oxygens (including phenoxy) is 3. The monoisotopic (exact) mass is 408 g/mol. The van der Waals surface area contributed by atoms with Gasteiger partial charge in [0.25, 0.3) is 0 Å². The highest BCUT2D eigenvalue weighted by Gasteiger charge is 2.51. The number of rotatable bonds is 9. The van der Waals surface area contributed by atoms with Crippen molar-refractivity contribution >= 4 is 11.9 Å². The number of fused-ring (bicyclic) bond motifs is 1. The van der Waals surface area contributed by atoms with Gasteiger partial charge in [0.1, 0.15) is 6.10 Å². The minimum atomic E-state index is -0.816. The summed E-state index contributed by atoms with van der Waals surface area (Å²) < 4.78 is 17.6. The molecule has 1 saturated carbocycles. The summed E-state index contributed by atoms with van der Waals surface area (Å²) in [5, 5.41) is 9.68. The number of carbonyl (C=O) groups is 2. The zero-order chi connectivity index (χ0) is 21.0. The largest absolute Gasteiger partial charge is 0.481 e. The molecule has 3 aliphatic rings. The maximum atomic E-state index is 11.8. The highest BCUT2D eigenvalue weighted by molar-refractivity contribution is 5.75. The number of carbonyl (C=O) groups excluding carboxylic acids is 1. The van der Waals surface area contributed by atoms with Crippen molar-refractivity contribution in [3.05, 3.63) is 12.2 Å². The first-order valence-corrected chi connectivity index (χ1v) is 11.2. The van der Waals surface area contributed by atoms with Gasteiger partial charge in [0, 0.05) is 12.5 Å². The highest BCUT2D eigenvalue weighted by Crippen LogP contribution is 2.46. The second kappa shape index (κ2) is 9.61. The fraction of sp³-hybridized carbons (Fsp3) is 0.826. The Balaban J connectivity index is 1.77. The van der Waals surface area contributed by atoms with Crippen LogP contribution in [0.25, 0.3) is 0 Å². The Morgan fingerprint density at radius 2 is 2.17 bits per heavy atom. The van der Waals surface area contributed by atoms with Crippen molar-refractivity contribution in [1.29, 1.82) is 0 Å². The first-order valence-electron chi connectivity index (χ1n) is 11.2. The Bertz CT molecular complexity index is 606. The Morgan fingerprint density at radius 1 is 1.38 bits per heavy atom. The van der Waals surface area contributed by atoms with Crippen LogP contribution >= 0.6 is 0 Å². The number of esters is 1. The fourth-order valence-corrected chi connectivity index (χ4v) is 4.96. The predicted octanol–water partition coefficient (Wildman–Crippen LogP) is 4.32. The van der Waals surface area contributed by atoms with Gasteiger partial charge in [-0.15, -0.1) is 0 Å². The van der Waals surface area contributed by atoms with Gasteiger partial charge in [-0.1, -0.05) is 45.8 Å². The van der Waals surface area contributed by atoms with Crippen LogP contribution in [0.2, 0.25) is 0 Å². The molecule has 0 aromatic carbocycles. The summed E-state index contributed by atoms with van der Waals surface area (Å²) in [5.41, 5.74) is -0.0912. The van der Waals surface area contributed by atoms with Gasteiger partial charge in [-0.25, -0.2) is 0 Å². The molecule has 0 amide bonds. The number of hydrogen-bond donors (Lipinski definition) is 1. The van der Waals surface area contributed by atoms with Crippen LogP contribution in [0.1, 0.15) is 72.1 Å². The normalized spacial score (nSPS) is 33.6. The molecule has 0 spiro atoms. The van der Waals surface area contributed by atoms with Crippen molar-refractivity contribution in [2.75, 3.05) is 6.61 Å². The second-order valence-corrected chi connectivity index (χ2v) is 9.48. The van der Waals surface area contributed by atoms with Crippen molar-refractivity contribution in [2.45, 2.75) is 90.6 Å². The summed E-state index contributed by atoms with van der Waals surface area (Å²) in [6, 6.07) is 0. The van der Waals surface area contributed by atoms with E-state index in [0.717, 1.165) is 45.1 Å². The van der Waals surface area contributed by atoms with E-state index in [9.17, 15) is 14.7 Å². The third-order valence-electron chi connectivity index (χ3n) is 6.81. The third-order valence-corrected chi connectivity index (χ3v) is 6.81. The van der Waals surface area contributed by atoms with Gasteiger partial charge in [-0.05, 0) is 43.4 Å². The number of unbranched alkanes of at least 4 members (excludes halogenated alkanes) is 1. The average molecular weight is 409 g/mol. The molecule has 0 aromatic rings. The molecule has 6 atom stereocenters. The fourth-order valence-electron chi connectivity index (χ4n) is 4.96. The van der Waals surface area contributed by atoms with Crippen molar-refractivity contribution in [3.8, 4) is 0 Å². The first kappa shape index (κ1) is 22.3. The van der Waals surface area contributed by atoms with Crippen molar-refractivity contribution in [2.24, 2.45) is 23.2 Å². The van der Waals surface area contributed by atoms with E-state index in [-0.39, 0.29) is 41.7 Å². The maximum Gasteiger partial charge on any atom is 0.307 e. The van der Waals surface area contributed by atoms with Crippen molar-refractivity contribution in [1.82, 2.24) is 0 Å². The maximum absolute atomic E-state index is 11.8. The predicted molar refractivity (Wildman–Crippen MR) is 108 cm³/mol. The van der Waals surface area contributed by atoms with Gasteiger partial charge < -0.3 is 19.3 Å². The Hall–Kier alpha value is -1.40. The lowest BCUT2D eigenvalue weighted by Crippen LogP contribution is -2.36. The summed E-state index contributed by atoms with van der Waals surface area (Å²) in [7, 11) is 0. The van der Waals surface area contributed by atoms with Crippen molar-refractivity contribution < 1.29 is 28.9 Å². The molecule has 6 nitrogen and oxygen atoms in total. The Labute approximate surface area is 174 Å². The lowest BCUT2D eigenvalue weighted by atomic mass is 9.79. The number of carboxylic acid groups (broad SMARTS) is 1. The molecule has 6 unspecified atom stereocenters. The number of hydrogen-bond acceptors (Lipinski definition) is 5. The first-order chi connectivity index (χ1) is 13.8. The number of aliphatic carboxylic acids is 1. The molecule has 1 N–H and O–H groups in total. The van der Waals surface area contributed by atoms with E-state index < -0.39 is 11.9 Å². The van der Waals surface area contributed by atoms with E-state index in [1.807, 2.05) is 12.2 Å². The van der Waals surface area contributed by atoms with E-state index in [1.165, 1.54) is 0 Å². The topological polar surface area (TPSA) is 82.1 Å². The number of carboxylic acids is 1. The Morgan fingerprint density at radius 3 is 2.83 bits per heavy atom. The standard InChI is InChI=1S/C23H36O6/c1-4-5-11-23(2,3)19(29-21-8-6-7-12-27-21)10-9-15-16-14-20(24)28-18(16)13-17(15)22(25)26/h9-10,15-19,21H,4-8,11-14H2,1-3H3,(H,25,26)/b10-9+.